The lowest BCUT2D eigenvalue weighted by atomic mass is 9.88. The first-order chi connectivity index (χ1) is 19.8. The molecule has 222 valence electrons. The molecular weight excluding hydrogens is 569 g/mol. The van der Waals surface area contributed by atoms with Crippen molar-refractivity contribution in [2.75, 3.05) is 18.0 Å². The van der Waals surface area contributed by atoms with Crippen LogP contribution < -0.4 is 15.0 Å². The maximum Gasteiger partial charge on any atom is 0.573 e. The maximum absolute atomic E-state index is 15.1. The normalized spacial score (nSPS) is 14.8. The second-order valence-electron chi connectivity index (χ2n) is 10.1. The number of hydrogen-bond donors (Lipinski definition) is 1. The number of aryl methyl sites for hydroxylation is 1. The van der Waals surface area contributed by atoms with Crippen LogP contribution in [0.4, 0.5) is 36.4 Å². The minimum Gasteiger partial charge on any atom is -0.406 e. The van der Waals surface area contributed by atoms with E-state index in [2.05, 4.69) is 15.0 Å². The van der Waals surface area contributed by atoms with Gasteiger partial charge in [-0.2, -0.15) is 13.2 Å². The van der Waals surface area contributed by atoms with Crippen molar-refractivity contribution in [3.8, 4) is 5.75 Å². The van der Waals surface area contributed by atoms with Gasteiger partial charge in [-0.1, -0.05) is 12.1 Å². The highest BCUT2D eigenvalue weighted by atomic mass is 19.4. The fraction of sp³-hybridized carbons (Fsp3) is 0.310. The SMILES string of the molecule is Cc1ccn2c(C(=O)NCc3ccc(C4CCN(c5ccc(OC(F)(F)F)cc5)CC4)c(F)c3)c(C(F)(F)F)nc2c1. The van der Waals surface area contributed by atoms with Crippen LogP contribution >= 0.6 is 0 Å². The van der Waals surface area contributed by atoms with Crippen molar-refractivity contribution < 1.29 is 40.3 Å². The fourth-order valence-corrected chi connectivity index (χ4v) is 5.15. The van der Waals surface area contributed by atoms with Gasteiger partial charge < -0.3 is 15.0 Å². The van der Waals surface area contributed by atoms with E-state index in [9.17, 15) is 31.1 Å². The molecule has 0 saturated carbocycles. The lowest BCUT2D eigenvalue weighted by molar-refractivity contribution is -0.274. The summed E-state index contributed by atoms with van der Waals surface area (Å²) >= 11 is 0. The minimum atomic E-state index is -4.85. The molecule has 1 amide bonds. The van der Waals surface area contributed by atoms with Crippen LogP contribution in [0.25, 0.3) is 5.65 Å². The average Bonchev–Trinajstić information content (AvgIpc) is 3.31. The second-order valence-corrected chi connectivity index (χ2v) is 10.1. The number of benzene rings is 2. The molecular formula is C29H25F7N4O2. The molecule has 42 heavy (non-hydrogen) atoms. The molecule has 0 unspecified atom stereocenters. The van der Waals surface area contributed by atoms with Gasteiger partial charge in [0.1, 0.15) is 22.9 Å². The van der Waals surface area contributed by atoms with Crippen LogP contribution in [0, 0.1) is 12.7 Å². The van der Waals surface area contributed by atoms with Crippen molar-refractivity contribution in [2.24, 2.45) is 0 Å². The monoisotopic (exact) mass is 594 g/mol. The Morgan fingerprint density at radius 2 is 1.69 bits per heavy atom. The van der Waals surface area contributed by atoms with E-state index >= 15 is 4.39 Å². The number of nitrogens with zero attached hydrogens (tertiary/aromatic N) is 3. The summed E-state index contributed by atoms with van der Waals surface area (Å²) in [5.74, 6) is -1.90. The average molecular weight is 595 g/mol. The highest BCUT2D eigenvalue weighted by Gasteiger charge is 2.40. The smallest absolute Gasteiger partial charge is 0.406 e. The zero-order chi connectivity index (χ0) is 30.2. The van der Waals surface area contributed by atoms with Gasteiger partial charge in [0.05, 0.1) is 0 Å². The Balaban J connectivity index is 1.21. The molecule has 1 aliphatic rings. The topological polar surface area (TPSA) is 58.9 Å². The number of nitrogens with one attached hydrogen (secondary N) is 1. The van der Waals surface area contributed by atoms with Crippen molar-refractivity contribution in [2.45, 2.75) is 44.8 Å². The van der Waals surface area contributed by atoms with Crippen LogP contribution in [0.3, 0.4) is 0 Å². The third-order valence-electron chi connectivity index (χ3n) is 7.15. The molecule has 5 rings (SSSR count). The Labute approximate surface area is 235 Å². The van der Waals surface area contributed by atoms with Gasteiger partial charge in [0.25, 0.3) is 5.91 Å². The summed E-state index contributed by atoms with van der Waals surface area (Å²) in [4.78, 5) is 18.4. The number of rotatable bonds is 6. The standard InChI is InChI=1S/C29H25F7N4O2/c1-17-8-13-40-24(14-17)38-26(28(31,32)33)25(40)27(41)37-16-18-2-7-22(23(30)15-18)19-9-11-39(12-10-19)20-3-5-21(6-4-20)42-29(34,35)36/h2-8,13-15,19H,9-12,16H2,1H3,(H,37,41). The van der Waals surface area contributed by atoms with Gasteiger partial charge >= 0.3 is 12.5 Å². The van der Waals surface area contributed by atoms with Crippen LogP contribution in [0.15, 0.2) is 60.8 Å². The minimum absolute atomic E-state index is 0.0126. The van der Waals surface area contributed by atoms with Gasteiger partial charge in [0.15, 0.2) is 5.69 Å². The number of anilines is 1. The van der Waals surface area contributed by atoms with E-state index in [4.69, 9.17) is 0 Å². The molecule has 13 heteroatoms. The van der Waals surface area contributed by atoms with Crippen LogP contribution in [-0.2, 0) is 12.7 Å². The number of alkyl halides is 6. The lowest BCUT2D eigenvalue weighted by Gasteiger charge is -2.34. The largest absolute Gasteiger partial charge is 0.573 e. The van der Waals surface area contributed by atoms with Crippen molar-refractivity contribution in [3.63, 3.8) is 0 Å². The Morgan fingerprint density at radius 3 is 2.31 bits per heavy atom. The molecule has 0 atom stereocenters. The summed E-state index contributed by atoms with van der Waals surface area (Å²) in [7, 11) is 0. The van der Waals surface area contributed by atoms with E-state index in [0.717, 1.165) is 10.1 Å². The number of pyridine rings is 1. The number of fused-ring (bicyclic) bond motifs is 1. The molecule has 4 aromatic rings. The number of ether oxygens (including phenoxy) is 1. The van der Waals surface area contributed by atoms with Gasteiger partial charge in [0, 0.05) is 31.5 Å². The van der Waals surface area contributed by atoms with Crippen LogP contribution in [0.2, 0.25) is 0 Å². The predicted octanol–water partition coefficient (Wildman–Crippen LogP) is 7.01. The van der Waals surface area contributed by atoms with E-state index in [-0.39, 0.29) is 23.9 Å². The zero-order valence-corrected chi connectivity index (χ0v) is 22.2. The Bertz CT molecular complexity index is 1590. The summed E-state index contributed by atoms with van der Waals surface area (Å²) in [5.41, 5.74) is 0.304. The first-order valence-corrected chi connectivity index (χ1v) is 13.0. The van der Waals surface area contributed by atoms with Crippen LogP contribution in [0.5, 0.6) is 5.75 Å². The third-order valence-corrected chi connectivity index (χ3v) is 7.15. The molecule has 0 aliphatic carbocycles. The highest BCUT2D eigenvalue weighted by Crippen LogP contribution is 2.34. The molecule has 1 N–H and O–H groups in total. The summed E-state index contributed by atoms with van der Waals surface area (Å²) in [6.45, 7) is 2.62. The first-order valence-electron chi connectivity index (χ1n) is 13.0. The van der Waals surface area contributed by atoms with Crippen LogP contribution in [0.1, 0.15) is 51.6 Å². The van der Waals surface area contributed by atoms with E-state index in [0.29, 0.717) is 42.6 Å². The third kappa shape index (κ3) is 6.44. The molecule has 1 aliphatic heterocycles. The number of piperidine rings is 1. The van der Waals surface area contributed by atoms with Crippen molar-refractivity contribution in [1.82, 2.24) is 14.7 Å². The number of halogens is 7. The summed E-state index contributed by atoms with van der Waals surface area (Å²) in [6, 6.07) is 13.0. The number of carbonyl (C=O) groups excluding carboxylic acids is 1. The maximum atomic E-state index is 15.1. The summed E-state index contributed by atoms with van der Waals surface area (Å²) in [5, 5.41) is 2.44. The molecule has 2 aromatic carbocycles. The Hall–Kier alpha value is -4.29. The van der Waals surface area contributed by atoms with Gasteiger partial charge in [-0.3, -0.25) is 9.20 Å². The first kappa shape index (κ1) is 29.2. The molecule has 6 nitrogen and oxygen atoms in total. The molecule has 1 saturated heterocycles. The lowest BCUT2D eigenvalue weighted by Crippen LogP contribution is -2.33. The van der Waals surface area contributed by atoms with Gasteiger partial charge in [-0.05, 0) is 84.8 Å². The second kappa shape index (κ2) is 11.2. The number of imidazole rings is 1. The van der Waals surface area contributed by atoms with E-state index in [1.165, 1.54) is 42.6 Å². The zero-order valence-electron chi connectivity index (χ0n) is 22.2. The number of aromatic nitrogens is 2. The molecule has 0 radical (unpaired) electrons. The summed E-state index contributed by atoms with van der Waals surface area (Å²) < 4.78 is 98.1. The van der Waals surface area contributed by atoms with Gasteiger partial charge in [0.2, 0.25) is 0 Å². The molecule has 1 fully saturated rings. The Morgan fingerprint density at radius 1 is 1.00 bits per heavy atom. The molecule has 0 spiro atoms. The Kier molecular flexibility index (Phi) is 7.78. The fourth-order valence-electron chi connectivity index (χ4n) is 5.15. The number of carbonyl (C=O) groups is 1. The van der Waals surface area contributed by atoms with E-state index < -0.39 is 35.7 Å². The quantitative estimate of drug-likeness (QED) is 0.244. The van der Waals surface area contributed by atoms with Crippen molar-refractivity contribution in [1.29, 1.82) is 0 Å². The van der Waals surface area contributed by atoms with Crippen molar-refractivity contribution in [3.05, 3.63) is 94.7 Å². The highest BCUT2D eigenvalue weighted by molar-refractivity contribution is 5.95. The van der Waals surface area contributed by atoms with E-state index in [1.54, 1.807) is 25.1 Å². The summed E-state index contributed by atoms with van der Waals surface area (Å²) in [6.07, 6.45) is -7.07. The van der Waals surface area contributed by atoms with E-state index in [1.807, 2.05) is 4.90 Å². The van der Waals surface area contributed by atoms with Gasteiger partial charge in [-0.15, -0.1) is 13.2 Å². The predicted molar refractivity (Wildman–Crippen MR) is 140 cm³/mol. The van der Waals surface area contributed by atoms with Gasteiger partial charge in [-0.25, -0.2) is 9.37 Å². The number of amides is 1. The number of hydrogen-bond acceptors (Lipinski definition) is 4. The van der Waals surface area contributed by atoms with Crippen LogP contribution in [-0.4, -0.2) is 34.7 Å². The molecule has 3 heterocycles. The molecule has 2 aromatic heterocycles. The van der Waals surface area contributed by atoms with Crippen molar-refractivity contribution >= 4 is 17.2 Å². The molecule has 0 bridgehead atoms.